The van der Waals surface area contributed by atoms with Crippen molar-refractivity contribution in [2.24, 2.45) is 5.41 Å². The van der Waals surface area contributed by atoms with Gasteiger partial charge < -0.3 is 4.57 Å². The quantitative estimate of drug-likeness (QED) is 0.590. The first-order valence-corrected chi connectivity index (χ1v) is 7.27. The Hall–Kier alpha value is -0.760. The van der Waals surface area contributed by atoms with Crippen LogP contribution in [0.2, 0.25) is 0 Å². The highest BCUT2D eigenvalue weighted by molar-refractivity contribution is 6.21. The molecule has 0 radical (unpaired) electrons. The van der Waals surface area contributed by atoms with E-state index < -0.39 is 0 Å². The van der Waals surface area contributed by atoms with Crippen LogP contribution in [0.5, 0.6) is 0 Å². The molecule has 2 rings (SSSR count). The van der Waals surface area contributed by atoms with Crippen LogP contribution in [-0.2, 0) is 13.0 Å². The van der Waals surface area contributed by atoms with Gasteiger partial charge >= 0.3 is 0 Å². The summed E-state index contributed by atoms with van der Waals surface area (Å²) in [5.74, 6) is 1.17. The van der Waals surface area contributed by atoms with E-state index in [1.165, 1.54) is 11.4 Å². The standard InChI is InChI=1S/C15H23ClN2/c1-4-6-18-7-5-17-14(18)9-12-8-13(16)11-15(2,3)10-12/h5,7-8,13H,4,6,9-11H2,1-3H3. The molecule has 1 aliphatic rings. The second-order valence-electron chi connectivity index (χ2n) is 6.10. The minimum absolute atomic E-state index is 0.179. The van der Waals surface area contributed by atoms with Gasteiger partial charge in [0.25, 0.3) is 0 Å². The van der Waals surface area contributed by atoms with Crippen LogP contribution in [0.25, 0.3) is 0 Å². The van der Waals surface area contributed by atoms with Crippen LogP contribution in [0.4, 0.5) is 0 Å². The lowest BCUT2D eigenvalue weighted by Crippen LogP contribution is -2.23. The van der Waals surface area contributed by atoms with Crippen molar-refractivity contribution in [3.05, 3.63) is 29.9 Å². The van der Waals surface area contributed by atoms with E-state index in [0.29, 0.717) is 5.41 Å². The summed E-state index contributed by atoms with van der Waals surface area (Å²) in [5.41, 5.74) is 1.76. The van der Waals surface area contributed by atoms with Crippen molar-refractivity contribution in [1.82, 2.24) is 9.55 Å². The van der Waals surface area contributed by atoms with Crippen LogP contribution in [0.1, 0.15) is 45.9 Å². The second-order valence-corrected chi connectivity index (χ2v) is 6.66. The minimum Gasteiger partial charge on any atom is -0.335 e. The predicted octanol–water partition coefficient (Wildman–Crippen LogP) is 4.19. The summed E-state index contributed by atoms with van der Waals surface area (Å²) in [5, 5.41) is 0.179. The molecule has 1 unspecified atom stereocenters. The van der Waals surface area contributed by atoms with Crippen molar-refractivity contribution < 1.29 is 0 Å². The molecule has 2 nitrogen and oxygen atoms in total. The largest absolute Gasteiger partial charge is 0.335 e. The van der Waals surface area contributed by atoms with E-state index in [2.05, 4.69) is 42.6 Å². The molecule has 0 bridgehead atoms. The van der Waals surface area contributed by atoms with Crippen molar-refractivity contribution in [1.29, 1.82) is 0 Å². The molecule has 0 N–H and O–H groups in total. The Kier molecular flexibility index (Phi) is 4.16. The average molecular weight is 267 g/mol. The number of aromatic nitrogens is 2. The van der Waals surface area contributed by atoms with Gasteiger partial charge in [0.2, 0.25) is 0 Å². The van der Waals surface area contributed by atoms with Gasteiger partial charge in [-0.15, -0.1) is 11.6 Å². The Morgan fingerprint density at radius 2 is 2.28 bits per heavy atom. The molecule has 0 saturated carbocycles. The van der Waals surface area contributed by atoms with Gasteiger partial charge in [0.05, 0.1) is 5.38 Å². The second kappa shape index (κ2) is 5.48. The molecule has 100 valence electrons. The van der Waals surface area contributed by atoms with Crippen molar-refractivity contribution >= 4 is 11.6 Å². The van der Waals surface area contributed by atoms with E-state index in [-0.39, 0.29) is 5.38 Å². The lowest BCUT2D eigenvalue weighted by molar-refractivity contribution is 0.319. The summed E-state index contributed by atoms with van der Waals surface area (Å²) < 4.78 is 2.26. The van der Waals surface area contributed by atoms with E-state index >= 15 is 0 Å². The predicted molar refractivity (Wildman–Crippen MR) is 77.0 cm³/mol. The number of rotatable bonds is 4. The first-order valence-electron chi connectivity index (χ1n) is 6.84. The van der Waals surface area contributed by atoms with Gasteiger partial charge in [-0.05, 0) is 24.7 Å². The van der Waals surface area contributed by atoms with Gasteiger partial charge in [-0.2, -0.15) is 0 Å². The molecular formula is C15H23ClN2. The number of halogens is 1. The Bertz CT molecular complexity index is 431. The molecule has 3 heteroatoms. The summed E-state index contributed by atoms with van der Waals surface area (Å²) in [6.45, 7) is 7.85. The summed E-state index contributed by atoms with van der Waals surface area (Å²) in [6, 6.07) is 0. The number of alkyl halides is 1. The van der Waals surface area contributed by atoms with Crippen LogP contribution in [0.3, 0.4) is 0 Å². The molecule has 1 aromatic rings. The maximum Gasteiger partial charge on any atom is 0.112 e. The van der Waals surface area contributed by atoms with Crippen LogP contribution < -0.4 is 0 Å². The van der Waals surface area contributed by atoms with Crippen LogP contribution in [0.15, 0.2) is 24.0 Å². The van der Waals surface area contributed by atoms with Crippen molar-refractivity contribution in [2.45, 2.75) is 58.4 Å². The zero-order chi connectivity index (χ0) is 13.2. The lowest BCUT2D eigenvalue weighted by atomic mass is 9.76. The van der Waals surface area contributed by atoms with Crippen molar-refractivity contribution in [3.63, 3.8) is 0 Å². The molecule has 0 saturated heterocycles. The van der Waals surface area contributed by atoms with Gasteiger partial charge in [0.15, 0.2) is 0 Å². The molecule has 18 heavy (non-hydrogen) atoms. The van der Waals surface area contributed by atoms with Crippen LogP contribution >= 0.6 is 11.6 Å². The van der Waals surface area contributed by atoms with Gasteiger partial charge in [0.1, 0.15) is 5.82 Å². The van der Waals surface area contributed by atoms with Gasteiger partial charge in [-0.25, -0.2) is 4.98 Å². The van der Waals surface area contributed by atoms with Crippen molar-refractivity contribution in [2.75, 3.05) is 0 Å². The zero-order valence-corrected chi connectivity index (χ0v) is 12.4. The number of hydrogen-bond acceptors (Lipinski definition) is 1. The lowest BCUT2D eigenvalue weighted by Gasteiger charge is -2.32. The highest BCUT2D eigenvalue weighted by atomic mass is 35.5. The van der Waals surface area contributed by atoms with Crippen molar-refractivity contribution in [3.8, 4) is 0 Å². The van der Waals surface area contributed by atoms with Crippen LogP contribution in [-0.4, -0.2) is 14.9 Å². The normalized spacial score (nSPS) is 22.9. The molecule has 1 atom stereocenters. The Morgan fingerprint density at radius 1 is 1.50 bits per heavy atom. The summed E-state index contributed by atoms with van der Waals surface area (Å²) >= 11 is 6.33. The van der Waals surface area contributed by atoms with Gasteiger partial charge in [-0.1, -0.05) is 32.4 Å². The fraction of sp³-hybridized carbons (Fsp3) is 0.667. The first-order chi connectivity index (χ1) is 8.50. The van der Waals surface area contributed by atoms with E-state index in [0.717, 1.165) is 32.2 Å². The Labute approximate surface area is 115 Å². The van der Waals surface area contributed by atoms with E-state index in [1.807, 2.05) is 6.20 Å². The molecular weight excluding hydrogens is 244 g/mol. The third-order valence-corrected chi connectivity index (χ3v) is 3.80. The fourth-order valence-corrected chi connectivity index (χ4v) is 3.46. The topological polar surface area (TPSA) is 17.8 Å². The molecule has 1 aromatic heterocycles. The number of allylic oxidation sites excluding steroid dienone is 2. The van der Waals surface area contributed by atoms with E-state index in [4.69, 9.17) is 11.6 Å². The number of aryl methyl sites for hydroxylation is 1. The SMILES string of the molecule is CCCn1ccnc1CC1=CC(Cl)CC(C)(C)C1. The monoisotopic (exact) mass is 266 g/mol. The maximum absolute atomic E-state index is 6.33. The highest BCUT2D eigenvalue weighted by Gasteiger charge is 2.27. The number of hydrogen-bond donors (Lipinski definition) is 0. The van der Waals surface area contributed by atoms with E-state index in [9.17, 15) is 0 Å². The smallest absolute Gasteiger partial charge is 0.112 e. The van der Waals surface area contributed by atoms with Crippen LogP contribution in [0, 0.1) is 5.41 Å². The zero-order valence-electron chi connectivity index (χ0n) is 11.6. The highest BCUT2D eigenvalue weighted by Crippen LogP contribution is 2.38. The number of nitrogens with zero attached hydrogens (tertiary/aromatic N) is 2. The van der Waals surface area contributed by atoms with Gasteiger partial charge in [0, 0.05) is 25.4 Å². The minimum atomic E-state index is 0.179. The fourth-order valence-electron chi connectivity index (χ4n) is 2.86. The third-order valence-electron chi connectivity index (χ3n) is 3.52. The average Bonchev–Trinajstić information content (AvgIpc) is 2.63. The Balaban J connectivity index is 2.11. The third kappa shape index (κ3) is 3.38. The maximum atomic E-state index is 6.33. The summed E-state index contributed by atoms with van der Waals surface area (Å²) in [4.78, 5) is 4.48. The summed E-state index contributed by atoms with van der Waals surface area (Å²) in [7, 11) is 0. The molecule has 0 aliphatic heterocycles. The van der Waals surface area contributed by atoms with Gasteiger partial charge in [-0.3, -0.25) is 0 Å². The molecule has 1 aliphatic carbocycles. The molecule has 0 amide bonds. The first kappa shape index (κ1) is 13.7. The molecule has 1 heterocycles. The number of imidazole rings is 1. The molecule has 0 aromatic carbocycles. The molecule has 0 fully saturated rings. The summed E-state index contributed by atoms with van der Waals surface area (Å²) in [6.07, 6.45) is 10.5. The Morgan fingerprint density at radius 3 is 2.94 bits per heavy atom. The molecule has 0 spiro atoms. The van der Waals surface area contributed by atoms with E-state index in [1.54, 1.807) is 0 Å².